The second-order valence-corrected chi connectivity index (χ2v) is 7.73. The molecular formula is C23H25N2O2+. The Morgan fingerprint density at radius 2 is 1.93 bits per heavy atom. The Labute approximate surface area is 160 Å². The Morgan fingerprint density at radius 1 is 1.15 bits per heavy atom. The molecule has 1 amide bonds. The van der Waals surface area contributed by atoms with Gasteiger partial charge in [-0.3, -0.25) is 4.79 Å². The normalized spacial score (nSPS) is 18.8. The Hall–Kier alpha value is -2.72. The first kappa shape index (κ1) is 17.7. The minimum absolute atomic E-state index is 0.0131. The number of carbonyl (C=O) groups excluding carboxylic acids is 1. The summed E-state index contributed by atoms with van der Waals surface area (Å²) in [5.74, 6) is 0.0134. The molecule has 0 spiro atoms. The maximum Gasteiger partial charge on any atom is 0.262 e. The highest BCUT2D eigenvalue weighted by Crippen LogP contribution is 2.31. The zero-order chi connectivity index (χ0) is 19.0. The number of amides is 1. The maximum absolute atomic E-state index is 13.3. The van der Waals surface area contributed by atoms with E-state index in [0.29, 0.717) is 12.2 Å². The molecule has 0 saturated carbocycles. The molecule has 1 aliphatic heterocycles. The first-order valence-corrected chi connectivity index (χ1v) is 9.35. The van der Waals surface area contributed by atoms with Gasteiger partial charge in [-0.25, -0.2) is 4.57 Å². The number of aryl methyl sites for hydroxylation is 1. The Balaban J connectivity index is 1.63. The third-order valence-electron chi connectivity index (χ3n) is 5.26. The summed E-state index contributed by atoms with van der Waals surface area (Å²) in [7, 11) is 1.93. The van der Waals surface area contributed by atoms with Crippen molar-refractivity contribution in [3.05, 3.63) is 78.1 Å². The Morgan fingerprint density at radius 3 is 2.70 bits per heavy atom. The van der Waals surface area contributed by atoms with E-state index in [0.717, 1.165) is 6.42 Å². The minimum Gasteiger partial charge on any atom is -0.354 e. The van der Waals surface area contributed by atoms with E-state index >= 15 is 0 Å². The van der Waals surface area contributed by atoms with Crippen molar-refractivity contribution in [3.63, 3.8) is 0 Å². The number of hydrogen-bond acceptors (Lipinski definition) is 2. The number of benzene rings is 2. The number of hydrogen-bond donors (Lipinski definition) is 0. The maximum atomic E-state index is 13.3. The molecule has 1 aromatic heterocycles. The molecule has 4 rings (SSSR count). The van der Waals surface area contributed by atoms with Gasteiger partial charge in [-0.15, -0.1) is 0 Å². The van der Waals surface area contributed by atoms with E-state index in [9.17, 15) is 4.79 Å². The van der Waals surface area contributed by atoms with Crippen molar-refractivity contribution < 1.29 is 14.1 Å². The molecule has 0 N–H and O–H groups in total. The number of rotatable bonds is 3. The van der Waals surface area contributed by atoms with Crippen molar-refractivity contribution in [2.24, 2.45) is 7.05 Å². The van der Waals surface area contributed by atoms with Crippen LogP contribution in [-0.2, 0) is 18.2 Å². The van der Waals surface area contributed by atoms with Crippen LogP contribution in [-0.4, -0.2) is 29.2 Å². The van der Waals surface area contributed by atoms with Crippen molar-refractivity contribution in [1.82, 2.24) is 4.90 Å². The number of fused-ring (bicyclic) bond motifs is 1. The van der Waals surface area contributed by atoms with Crippen LogP contribution in [0.3, 0.4) is 0 Å². The van der Waals surface area contributed by atoms with E-state index in [1.54, 1.807) is 0 Å². The average molecular weight is 361 g/mol. The molecule has 2 heterocycles. The van der Waals surface area contributed by atoms with Gasteiger partial charge < -0.3 is 9.64 Å². The quantitative estimate of drug-likeness (QED) is 0.669. The largest absolute Gasteiger partial charge is 0.354 e. The van der Waals surface area contributed by atoms with Crippen molar-refractivity contribution in [2.75, 3.05) is 6.61 Å². The van der Waals surface area contributed by atoms with E-state index in [1.807, 2.05) is 54.9 Å². The number of ether oxygens (including phenoxy) is 1. The average Bonchev–Trinajstić information content (AvgIpc) is 2.95. The number of aromatic nitrogens is 1. The molecule has 0 bridgehead atoms. The van der Waals surface area contributed by atoms with E-state index in [2.05, 4.69) is 42.5 Å². The van der Waals surface area contributed by atoms with E-state index in [-0.39, 0.29) is 11.9 Å². The molecule has 0 radical (unpaired) electrons. The van der Waals surface area contributed by atoms with Crippen LogP contribution in [0, 0.1) is 0 Å². The second kappa shape index (κ2) is 6.78. The predicted molar refractivity (Wildman–Crippen MR) is 105 cm³/mol. The molecule has 27 heavy (non-hydrogen) atoms. The molecular weight excluding hydrogens is 336 g/mol. The van der Waals surface area contributed by atoms with Crippen LogP contribution in [0.15, 0.2) is 67.0 Å². The van der Waals surface area contributed by atoms with Crippen molar-refractivity contribution in [3.8, 4) is 0 Å². The molecule has 3 aromatic rings. The summed E-state index contributed by atoms with van der Waals surface area (Å²) in [6, 6.07) is 18.6. The molecule has 2 aromatic carbocycles. The molecule has 1 aliphatic rings. The molecule has 4 heteroatoms. The van der Waals surface area contributed by atoms with Crippen LogP contribution >= 0.6 is 0 Å². The van der Waals surface area contributed by atoms with Gasteiger partial charge >= 0.3 is 0 Å². The molecule has 1 fully saturated rings. The highest BCUT2D eigenvalue weighted by Gasteiger charge is 2.44. The van der Waals surface area contributed by atoms with E-state index in [1.165, 1.54) is 16.3 Å². The molecule has 138 valence electrons. The van der Waals surface area contributed by atoms with E-state index < -0.39 is 5.72 Å². The highest BCUT2D eigenvalue weighted by atomic mass is 16.5. The summed E-state index contributed by atoms with van der Waals surface area (Å²) in [6.07, 6.45) is 4.57. The van der Waals surface area contributed by atoms with Gasteiger partial charge in [0.05, 0.1) is 12.6 Å². The van der Waals surface area contributed by atoms with E-state index in [4.69, 9.17) is 4.74 Å². The highest BCUT2D eigenvalue weighted by molar-refractivity contribution is 5.94. The van der Waals surface area contributed by atoms with Crippen LogP contribution in [0.2, 0.25) is 0 Å². The summed E-state index contributed by atoms with van der Waals surface area (Å²) < 4.78 is 7.89. The Kier molecular flexibility index (Phi) is 4.44. The van der Waals surface area contributed by atoms with Gasteiger partial charge in [0.2, 0.25) is 0 Å². The molecule has 1 saturated heterocycles. The summed E-state index contributed by atoms with van der Waals surface area (Å²) in [5.41, 5.74) is 1.28. The van der Waals surface area contributed by atoms with Crippen LogP contribution in [0.1, 0.15) is 29.8 Å². The summed E-state index contributed by atoms with van der Waals surface area (Å²) in [5, 5.41) is 2.45. The number of carbonyl (C=O) groups is 1. The van der Waals surface area contributed by atoms with Crippen LogP contribution in [0.4, 0.5) is 0 Å². The van der Waals surface area contributed by atoms with Gasteiger partial charge in [-0.05, 0) is 42.7 Å². The second-order valence-electron chi connectivity index (χ2n) is 7.73. The standard InChI is InChI=1S/C23H25N2O2/c1-23(2)25(22(26)20-9-6-12-24(3)15-20)21(16-27-23)14-17-10-11-18-7-4-5-8-19(18)13-17/h4-13,15,21H,14,16H2,1-3H3/q+1/t21-/m1/s1. The summed E-state index contributed by atoms with van der Waals surface area (Å²) in [6.45, 7) is 4.48. The number of nitrogens with zero attached hydrogens (tertiary/aromatic N) is 2. The lowest BCUT2D eigenvalue weighted by Gasteiger charge is -2.33. The Bertz CT molecular complexity index is 996. The zero-order valence-electron chi connectivity index (χ0n) is 16.1. The van der Waals surface area contributed by atoms with Crippen molar-refractivity contribution in [2.45, 2.75) is 32.0 Å². The van der Waals surface area contributed by atoms with Crippen LogP contribution in [0.25, 0.3) is 10.8 Å². The smallest absolute Gasteiger partial charge is 0.262 e. The molecule has 0 aliphatic carbocycles. The van der Waals surface area contributed by atoms with Gasteiger partial charge in [-0.2, -0.15) is 0 Å². The fourth-order valence-electron chi connectivity index (χ4n) is 3.94. The first-order valence-electron chi connectivity index (χ1n) is 9.35. The van der Waals surface area contributed by atoms with Gasteiger partial charge in [-0.1, -0.05) is 42.5 Å². The van der Waals surface area contributed by atoms with Crippen molar-refractivity contribution in [1.29, 1.82) is 0 Å². The molecule has 0 unspecified atom stereocenters. The fraction of sp³-hybridized carbons (Fsp3) is 0.304. The zero-order valence-corrected chi connectivity index (χ0v) is 16.1. The lowest BCUT2D eigenvalue weighted by atomic mass is 10.0. The minimum atomic E-state index is -0.618. The summed E-state index contributed by atoms with van der Waals surface area (Å²) >= 11 is 0. The number of pyridine rings is 1. The van der Waals surface area contributed by atoms with Gasteiger partial charge in [0.1, 0.15) is 18.3 Å². The predicted octanol–water partition coefficient (Wildman–Crippen LogP) is 3.48. The summed E-state index contributed by atoms with van der Waals surface area (Å²) in [4.78, 5) is 15.2. The lowest BCUT2D eigenvalue weighted by Crippen LogP contribution is -2.49. The SMILES string of the molecule is C[n+]1cccc(C(=O)N2[C@H](Cc3ccc4ccccc4c3)COC2(C)C)c1. The topological polar surface area (TPSA) is 33.4 Å². The molecule has 1 atom stereocenters. The molecule has 4 nitrogen and oxygen atoms in total. The van der Waals surface area contributed by atoms with Gasteiger partial charge in [0, 0.05) is 6.07 Å². The van der Waals surface area contributed by atoms with Gasteiger partial charge in [0.15, 0.2) is 12.4 Å². The first-order chi connectivity index (χ1) is 12.9. The fourth-order valence-corrected chi connectivity index (χ4v) is 3.94. The third kappa shape index (κ3) is 3.45. The van der Waals surface area contributed by atoms with Gasteiger partial charge in [0.25, 0.3) is 5.91 Å². The van der Waals surface area contributed by atoms with Crippen LogP contribution in [0.5, 0.6) is 0 Å². The van der Waals surface area contributed by atoms with Crippen LogP contribution < -0.4 is 4.57 Å². The monoisotopic (exact) mass is 361 g/mol. The van der Waals surface area contributed by atoms with Crippen molar-refractivity contribution >= 4 is 16.7 Å². The third-order valence-corrected chi connectivity index (χ3v) is 5.26. The lowest BCUT2D eigenvalue weighted by molar-refractivity contribution is -0.671.